The number of nitrogens with one attached hydrogen (secondary N) is 1. The Morgan fingerprint density at radius 2 is 2.40 bits per heavy atom. The maximum atomic E-state index is 12.9. The molecule has 4 heteroatoms. The summed E-state index contributed by atoms with van der Waals surface area (Å²) in [6.07, 6.45) is 1.11. The van der Waals surface area contributed by atoms with Crippen LogP contribution in [0.4, 0.5) is 4.39 Å². The van der Waals surface area contributed by atoms with Gasteiger partial charge in [0.1, 0.15) is 5.82 Å². The van der Waals surface area contributed by atoms with E-state index in [4.69, 9.17) is 11.6 Å². The minimum Gasteiger partial charge on any atom is -0.298 e. The first-order valence-corrected chi connectivity index (χ1v) is 6.46. The molecule has 1 fully saturated rings. The lowest BCUT2D eigenvalue weighted by atomic mass is 10.2. The summed E-state index contributed by atoms with van der Waals surface area (Å²) >= 11 is 7.84. The zero-order valence-corrected chi connectivity index (χ0v) is 10.0. The molecule has 1 N–H and O–H groups in total. The van der Waals surface area contributed by atoms with E-state index in [1.165, 1.54) is 12.1 Å². The van der Waals surface area contributed by atoms with Gasteiger partial charge in [-0.15, -0.1) is 11.8 Å². The van der Waals surface area contributed by atoms with E-state index in [2.05, 4.69) is 12.2 Å². The maximum absolute atomic E-state index is 12.9. The first-order chi connectivity index (χ1) is 7.20. The van der Waals surface area contributed by atoms with Crippen molar-refractivity contribution < 1.29 is 4.39 Å². The Morgan fingerprint density at radius 3 is 3.00 bits per heavy atom. The number of hydrogen-bond donors (Lipinski definition) is 1. The van der Waals surface area contributed by atoms with Crippen LogP contribution >= 0.6 is 23.4 Å². The third-order valence-electron chi connectivity index (χ3n) is 2.59. The van der Waals surface area contributed by atoms with Gasteiger partial charge in [-0.05, 0) is 24.1 Å². The first-order valence-electron chi connectivity index (χ1n) is 5.03. The molecule has 2 atom stereocenters. The summed E-state index contributed by atoms with van der Waals surface area (Å²) in [7, 11) is 0. The van der Waals surface area contributed by atoms with Crippen LogP contribution in [0.1, 0.15) is 24.3 Å². The van der Waals surface area contributed by atoms with Gasteiger partial charge in [0.2, 0.25) is 0 Å². The van der Waals surface area contributed by atoms with Gasteiger partial charge in [-0.2, -0.15) is 0 Å². The van der Waals surface area contributed by atoms with Gasteiger partial charge in [0, 0.05) is 16.8 Å². The molecule has 0 spiro atoms. The molecule has 82 valence electrons. The third-order valence-corrected chi connectivity index (χ3v) is 4.23. The van der Waals surface area contributed by atoms with E-state index in [1.807, 2.05) is 11.8 Å². The molecule has 0 aliphatic carbocycles. The highest BCUT2D eigenvalue weighted by molar-refractivity contribution is 7.99. The number of rotatable bonds is 2. The normalized spacial score (nSPS) is 25.8. The smallest absolute Gasteiger partial charge is 0.124 e. The van der Waals surface area contributed by atoms with Gasteiger partial charge in [-0.1, -0.05) is 24.6 Å². The molecule has 1 aromatic rings. The minimum atomic E-state index is -0.279. The predicted molar refractivity (Wildman–Crippen MR) is 63.8 cm³/mol. The first kappa shape index (κ1) is 11.2. The second-order valence-electron chi connectivity index (χ2n) is 3.65. The fraction of sp³-hybridized carbons (Fsp3) is 0.455. The largest absolute Gasteiger partial charge is 0.298 e. The molecular weight excluding hydrogens is 233 g/mol. The van der Waals surface area contributed by atoms with Crippen molar-refractivity contribution >= 4 is 23.4 Å². The molecule has 1 aromatic carbocycles. The fourth-order valence-electron chi connectivity index (χ4n) is 1.65. The zero-order valence-electron chi connectivity index (χ0n) is 8.47. The molecule has 15 heavy (non-hydrogen) atoms. The van der Waals surface area contributed by atoms with Crippen LogP contribution in [0.5, 0.6) is 0 Å². The van der Waals surface area contributed by atoms with Crippen molar-refractivity contribution in [2.24, 2.45) is 0 Å². The molecule has 0 aromatic heterocycles. The Kier molecular flexibility index (Phi) is 3.54. The zero-order chi connectivity index (χ0) is 10.8. The van der Waals surface area contributed by atoms with E-state index in [1.54, 1.807) is 6.07 Å². The highest BCUT2D eigenvalue weighted by Crippen LogP contribution is 2.37. The summed E-state index contributed by atoms with van der Waals surface area (Å²) in [4.78, 5) is 0. The number of hydrogen-bond acceptors (Lipinski definition) is 2. The van der Waals surface area contributed by atoms with E-state index >= 15 is 0 Å². The number of halogens is 2. The van der Waals surface area contributed by atoms with Crippen molar-refractivity contribution in [1.82, 2.24) is 5.32 Å². The highest BCUT2D eigenvalue weighted by atomic mass is 35.5. The molecule has 0 saturated carbocycles. The van der Waals surface area contributed by atoms with E-state index in [9.17, 15) is 4.39 Å². The second-order valence-corrected chi connectivity index (χ2v) is 5.20. The van der Waals surface area contributed by atoms with Crippen LogP contribution in [0.2, 0.25) is 5.02 Å². The number of benzene rings is 1. The molecule has 1 aliphatic rings. The maximum Gasteiger partial charge on any atom is 0.124 e. The lowest BCUT2D eigenvalue weighted by Crippen LogP contribution is -2.24. The van der Waals surface area contributed by atoms with Crippen molar-refractivity contribution in [3.63, 3.8) is 0 Å². The van der Waals surface area contributed by atoms with Gasteiger partial charge >= 0.3 is 0 Å². The summed E-state index contributed by atoms with van der Waals surface area (Å²) in [6.45, 7) is 2.16. The summed E-state index contributed by atoms with van der Waals surface area (Å²) in [5.41, 5.74) is 0.985. The summed E-state index contributed by atoms with van der Waals surface area (Å²) in [6, 6.07) is 5.14. The third kappa shape index (κ3) is 2.47. The Balaban J connectivity index is 2.17. The van der Waals surface area contributed by atoms with Gasteiger partial charge in [0.05, 0.1) is 5.37 Å². The number of thioether (sulfide) groups is 1. The van der Waals surface area contributed by atoms with Crippen LogP contribution in [-0.2, 0) is 0 Å². The molecule has 1 nitrogen and oxygen atoms in total. The van der Waals surface area contributed by atoms with E-state index in [0.29, 0.717) is 11.1 Å². The van der Waals surface area contributed by atoms with Gasteiger partial charge in [-0.3, -0.25) is 5.32 Å². The lowest BCUT2D eigenvalue weighted by Gasteiger charge is -2.13. The van der Waals surface area contributed by atoms with E-state index < -0.39 is 0 Å². The second kappa shape index (κ2) is 4.73. The standard InChI is InChI=1S/C11H13ClFNS/c1-2-8-6-15-11(14-8)9-4-3-7(13)5-10(9)12/h3-5,8,11,14H,2,6H2,1H3. The monoisotopic (exact) mass is 245 g/mol. The average molecular weight is 246 g/mol. The molecule has 1 heterocycles. The molecule has 0 amide bonds. The van der Waals surface area contributed by atoms with Crippen LogP contribution in [-0.4, -0.2) is 11.8 Å². The predicted octanol–water partition coefficient (Wildman–Crippen LogP) is 3.59. The van der Waals surface area contributed by atoms with Crippen LogP contribution < -0.4 is 5.32 Å². The van der Waals surface area contributed by atoms with Gasteiger partial charge in [0.25, 0.3) is 0 Å². The molecule has 2 unspecified atom stereocenters. The summed E-state index contributed by atoms with van der Waals surface area (Å²) in [5, 5.41) is 4.20. The molecule has 0 bridgehead atoms. The van der Waals surface area contributed by atoms with Crippen LogP contribution in [0, 0.1) is 5.82 Å². The average Bonchev–Trinajstić information content (AvgIpc) is 2.66. The van der Waals surface area contributed by atoms with Crippen LogP contribution in [0.25, 0.3) is 0 Å². The van der Waals surface area contributed by atoms with Crippen molar-refractivity contribution in [2.45, 2.75) is 24.8 Å². The summed E-state index contributed by atoms with van der Waals surface area (Å²) < 4.78 is 12.9. The Morgan fingerprint density at radius 1 is 1.60 bits per heavy atom. The Bertz CT molecular complexity index is 358. The van der Waals surface area contributed by atoms with E-state index in [0.717, 1.165) is 17.7 Å². The SMILES string of the molecule is CCC1CSC(c2ccc(F)cc2Cl)N1. The Labute approximate surface area is 98.4 Å². The van der Waals surface area contributed by atoms with Crippen molar-refractivity contribution in [3.05, 3.63) is 34.6 Å². The molecule has 1 aliphatic heterocycles. The minimum absolute atomic E-state index is 0.211. The van der Waals surface area contributed by atoms with Gasteiger partial charge in [-0.25, -0.2) is 4.39 Å². The highest BCUT2D eigenvalue weighted by Gasteiger charge is 2.25. The van der Waals surface area contributed by atoms with Crippen LogP contribution in [0.3, 0.4) is 0 Å². The lowest BCUT2D eigenvalue weighted by molar-refractivity contribution is 0.560. The van der Waals surface area contributed by atoms with Crippen molar-refractivity contribution in [3.8, 4) is 0 Å². The molecule has 0 radical (unpaired) electrons. The fourth-order valence-corrected chi connectivity index (χ4v) is 3.42. The van der Waals surface area contributed by atoms with E-state index in [-0.39, 0.29) is 11.2 Å². The topological polar surface area (TPSA) is 12.0 Å². The molecule has 2 rings (SSSR count). The van der Waals surface area contributed by atoms with Gasteiger partial charge in [0.15, 0.2) is 0 Å². The van der Waals surface area contributed by atoms with Crippen molar-refractivity contribution in [1.29, 1.82) is 0 Å². The van der Waals surface area contributed by atoms with Gasteiger partial charge < -0.3 is 0 Å². The quantitative estimate of drug-likeness (QED) is 0.855. The van der Waals surface area contributed by atoms with Crippen molar-refractivity contribution in [2.75, 3.05) is 5.75 Å². The summed E-state index contributed by atoms with van der Waals surface area (Å²) in [5.74, 6) is 0.813. The van der Waals surface area contributed by atoms with Crippen LogP contribution in [0.15, 0.2) is 18.2 Å². The molecule has 1 saturated heterocycles. The molecular formula is C11H13ClFNS. The Hall–Kier alpha value is -0.250.